The number of rotatable bonds is 5. The van der Waals surface area contributed by atoms with E-state index in [2.05, 4.69) is 0 Å². The lowest BCUT2D eigenvalue weighted by Crippen LogP contribution is -2.09. The van der Waals surface area contributed by atoms with Gasteiger partial charge in [0.05, 0.1) is 26.2 Å². The number of benzene rings is 1. The van der Waals surface area contributed by atoms with Crippen molar-refractivity contribution in [3.05, 3.63) is 34.4 Å². The molecular formula is C11H14O5. The Morgan fingerprint density at radius 3 is 1.88 bits per heavy atom. The summed E-state index contributed by atoms with van der Waals surface area (Å²) in [6, 6.07) is 3.10. The highest BCUT2D eigenvalue weighted by Crippen LogP contribution is 2.20. The maximum absolute atomic E-state index is 10.6. The molecule has 0 aliphatic heterocycles. The van der Waals surface area contributed by atoms with Crippen LogP contribution in [-0.4, -0.2) is 26.4 Å². The van der Waals surface area contributed by atoms with Gasteiger partial charge in [-0.1, -0.05) is 12.1 Å². The molecule has 1 aromatic rings. The van der Waals surface area contributed by atoms with E-state index in [0.717, 1.165) is 0 Å². The van der Waals surface area contributed by atoms with E-state index in [-0.39, 0.29) is 26.2 Å². The highest BCUT2D eigenvalue weighted by Gasteiger charge is 2.13. The van der Waals surface area contributed by atoms with Gasteiger partial charge in [-0.25, -0.2) is 0 Å². The molecule has 0 saturated heterocycles. The van der Waals surface area contributed by atoms with Gasteiger partial charge in [0.1, 0.15) is 0 Å². The van der Waals surface area contributed by atoms with Crippen LogP contribution in [0.5, 0.6) is 0 Å². The first-order valence-corrected chi connectivity index (χ1v) is 4.80. The van der Waals surface area contributed by atoms with Crippen LogP contribution in [0.25, 0.3) is 0 Å². The Balaban J connectivity index is 3.25. The number of aliphatic hydroxyl groups is 3. The monoisotopic (exact) mass is 226 g/mol. The van der Waals surface area contributed by atoms with Crippen molar-refractivity contribution in [3.63, 3.8) is 0 Å². The number of carboxylic acids is 1. The van der Waals surface area contributed by atoms with Crippen molar-refractivity contribution < 1.29 is 25.2 Å². The fourth-order valence-corrected chi connectivity index (χ4v) is 1.66. The van der Waals surface area contributed by atoms with Crippen molar-refractivity contribution >= 4 is 5.97 Å². The molecule has 0 aliphatic rings. The molecule has 5 heteroatoms. The lowest BCUT2D eigenvalue weighted by molar-refractivity contribution is -0.136. The third-order valence-corrected chi connectivity index (χ3v) is 2.45. The second kappa shape index (κ2) is 5.60. The van der Waals surface area contributed by atoms with Gasteiger partial charge in [-0.15, -0.1) is 0 Å². The SMILES string of the molecule is O=C(O)Cc1ccc(CO)c(CO)c1CO. The number of hydrogen-bond acceptors (Lipinski definition) is 4. The predicted molar refractivity (Wildman–Crippen MR) is 55.6 cm³/mol. The van der Waals surface area contributed by atoms with Crippen molar-refractivity contribution in [2.45, 2.75) is 26.2 Å². The molecule has 16 heavy (non-hydrogen) atoms. The number of aliphatic hydroxyl groups excluding tert-OH is 3. The summed E-state index contributed by atoms with van der Waals surface area (Å²) in [7, 11) is 0. The molecule has 5 nitrogen and oxygen atoms in total. The Bertz CT molecular complexity index is 386. The fraction of sp³-hybridized carbons (Fsp3) is 0.364. The Labute approximate surface area is 92.6 Å². The molecule has 0 amide bonds. The van der Waals surface area contributed by atoms with E-state index in [1.807, 2.05) is 0 Å². The summed E-state index contributed by atoms with van der Waals surface area (Å²) in [5, 5.41) is 36.0. The van der Waals surface area contributed by atoms with Gasteiger partial charge in [0, 0.05) is 0 Å². The van der Waals surface area contributed by atoms with Gasteiger partial charge < -0.3 is 20.4 Å². The lowest BCUT2D eigenvalue weighted by Gasteiger charge is -2.13. The average Bonchev–Trinajstić information content (AvgIpc) is 2.27. The average molecular weight is 226 g/mol. The van der Waals surface area contributed by atoms with Gasteiger partial charge in [-0.05, 0) is 22.3 Å². The largest absolute Gasteiger partial charge is 0.481 e. The van der Waals surface area contributed by atoms with Gasteiger partial charge in [-0.2, -0.15) is 0 Å². The molecular weight excluding hydrogens is 212 g/mol. The number of hydrogen-bond donors (Lipinski definition) is 4. The highest BCUT2D eigenvalue weighted by molar-refractivity contribution is 5.71. The summed E-state index contributed by atoms with van der Waals surface area (Å²) in [6.45, 7) is -0.943. The smallest absolute Gasteiger partial charge is 0.307 e. The molecule has 0 atom stereocenters. The zero-order chi connectivity index (χ0) is 12.1. The van der Waals surface area contributed by atoms with Crippen LogP contribution >= 0.6 is 0 Å². The van der Waals surface area contributed by atoms with Crippen molar-refractivity contribution in [2.24, 2.45) is 0 Å². The third kappa shape index (κ3) is 2.57. The normalized spacial score (nSPS) is 10.4. The number of carbonyl (C=O) groups is 1. The second-order valence-electron chi connectivity index (χ2n) is 3.39. The van der Waals surface area contributed by atoms with Crippen LogP contribution in [0.3, 0.4) is 0 Å². The minimum Gasteiger partial charge on any atom is -0.481 e. The maximum atomic E-state index is 10.6. The first-order chi connectivity index (χ1) is 7.63. The molecule has 0 radical (unpaired) electrons. The summed E-state index contributed by atoms with van der Waals surface area (Å²) in [5.74, 6) is -1.00. The molecule has 88 valence electrons. The molecule has 0 heterocycles. The van der Waals surface area contributed by atoms with Crippen LogP contribution in [0.15, 0.2) is 12.1 Å². The van der Waals surface area contributed by atoms with Crippen LogP contribution in [0.1, 0.15) is 22.3 Å². The molecule has 1 aromatic carbocycles. The second-order valence-corrected chi connectivity index (χ2v) is 3.39. The van der Waals surface area contributed by atoms with Gasteiger partial charge in [0.25, 0.3) is 0 Å². The van der Waals surface area contributed by atoms with E-state index < -0.39 is 5.97 Å². The Morgan fingerprint density at radius 2 is 1.44 bits per heavy atom. The molecule has 0 unspecified atom stereocenters. The van der Waals surface area contributed by atoms with Crippen LogP contribution in [0, 0.1) is 0 Å². The van der Waals surface area contributed by atoms with E-state index in [0.29, 0.717) is 22.3 Å². The summed E-state index contributed by atoms with van der Waals surface area (Å²) in [6.07, 6.45) is -0.214. The predicted octanol–water partition coefficient (Wildman–Crippen LogP) is -0.209. The van der Waals surface area contributed by atoms with Gasteiger partial charge in [-0.3, -0.25) is 4.79 Å². The molecule has 4 N–H and O–H groups in total. The summed E-state index contributed by atoms with van der Waals surface area (Å²) >= 11 is 0. The zero-order valence-electron chi connectivity index (χ0n) is 8.68. The minimum atomic E-state index is -1.00. The highest BCUT2D eigenvalue weighted by atomic mass is 16.4. The first-order valence-electron chi connectivity index (χ1n) is 4.80. The van der Waals surface area contributed by atoms with E-state index in [1.54, 1.807) is 12.1 Å². The lowest BCUT2D eigenvalue weighted by atomic mass is 9.95. The Kier molecular flexibility index (Phi) is 4.42. The van der Waals surface area contributed by atoms with E-state index >= 15 is 0 Å². The van der Waals surface area contributed by atoms with Crippen LogP contribution < -0.4 is 0 Å². The quantitative estimate of drug-likeness (QED) is 0.557. The van der Waals surface area contributed by atoms with Crippen molar-refractivity contribution in [2.75, 3.05) is 0 Å². The molecule has 0 aliphatic carbocycles. The third-order valence-electron chi connectivity index (χ3n) is 2.45. The summed E-state index contributed by atoms with van der Waals surface area (Å²) in [5.41, 5.74) is 1.75. The standard InChI is InChI=1S/C11H14O5/c12-4-8-2-1-7(3-11(15)16)9(5-13)10(8)6-14/h1-2,12-14H,3-6H2,(H,15,16). The van der Waals surface area contributed by atoms with E-state index in [4.69, 9.17) is 15.3 Å². The first kappa shape index (κ1) is 12.6. The molecule has 0 fully saturated rings. The van der Waals surface area contributed by atoms with Crippen molar-refractivity contribution in [3.8, 4) is 0 Å². The van der Waals surface area contributed by atoms with E-state index in [1.165, 1.54) is 0 Å². The summed E-state index contributed by atoms with van der Waals surface area (Å²) in [4.78, 5) is 10.6. The van der Waals surface area contributed by atoms with Gasteiger partial charge in [0.2, 0.25) is 0 Å². The Hall–Kier alpha value is -1.43. The van der Waals surface area contributed by atoms with Crippen molar-refractivity contribution in [1.82, 2.24) is 0 Å². The van der Waals surface area contributed by atoms with Gasteiger partial charge >= 0.3 is 5.97 Å². The van der Waals surface area contributed by atoms with Crippen LogP contribution in [0.2, 0.25) is 0 Å². The van der Waals surface area contributed by atoms with Crippen LogP contribution in [-0.2, 0) is 31.0 Å². The Morgan fingerprint density at radius 1 is 0.938 bits per heavy atom. The zero-order valence-corrected chi connectivity index (χ0v) is 8.68. The maximum Gasteiger partial charge on any atom is 0.307 e. The van der Waals surface area contributed by atoms with E-state index in [9.17, 15) is 9.90 Å². The number of carboxylic acid groups (broad SMARTS) is 1. The summed E-state index contributed by atoms with van der Waals surface area (Å²) < 4.78 is 0. The molecule has 0 bridgehead atoms. The molecule has 0 saturated carbocycles. The number of aliphatic carboxylic acids is 1. The topological polar surface area (TPSA) is 98.0 Å². The molecule has 0 spiro atoms. The van der Waals surface area contributed by atoms with Crippen molar-refractivity contribution in [1.29, 1.82) is 0 Å². The minimum absolute atomic E-state index is 0.214. The molecule has 1 rings (SSSR count). The molecule has 0 aromatic heterocycles. The fourth-order valence-electron chi connectivity index (χ4n) is 1.66. The van der Waals surface area contributed by atoms with Crippen LogP contribution in [0.4, 0.5) is 0 Å². The van der Waals surface area contributed by atoms with Gasteiger partial charge in [0.15, 0.2) is 0 Å².